The van der Waals surface area contributed by atoms with Gasteiger partial charge in [0.1, 0.15) is 6.54 Å². The Hall–Kier alpha value is -2.83. The molecule has 0 bridgehead atoms. The SMILES string of the molecule is Cc1nn(C)c(C)c1CN(C(=O)c1cccc(NCC(=O)O)c1)C1CC1. The summed E-state index contributed by atoms with van der Waals surface area (Å²) >= 11 is 0. The van der Waals surface area contributed by atoms with E-state index in [2.05, 4.69) is 10.4 Å². The summed E-state index contributed by atoms with van der Waals surface area (Å²) < 4.78 is 1.84. The molecule has 0 unspecified atom stereocenters. The monoisotopic (exact) mass is 356 g/mol. The van der Waals surface area contributed by atoms with Crippen LogP contribution in [0.5, 0.6) is 0 Å². The molecule has 7 heteroatoms. The van der Waals surface area contributed by atoms with Gasteiger partial charge in [0.2, 0.25) is 0 Å². The summed E-state index contributed by atoms with van der Waals surface area (Å²) in [5.41, 5.74) is 4.29. The average molecular weight is 356 g/mol. The van der Waals surface area contributed by atoms with Crippen molar-refractivity contribution in [3.05, 3.63) is 46.8 Å². The molecule has 1 saturated carbocycles. The van der Waals surface area contributed by atoms with Gasteiger partial charge in [-0.15, -0.1) is 0 Å². The number of hydrogen-bond acceptors (Lipinski definition) is 4. The molecule has 0 aliphatic heterocycles. The van der Waals surface area contributed by atoms with Gasteiger partial charge in [0.05, 0.1) is 5.69 Å². The normalized spacial score (nSPS) is 13.5. The highest BCUT2D eigenvalue weighted by atomic mass is 16.4. The largest absolute Gasteiger partial charge is 0.480 e. The van der Waals surface area contributed by atoms with Crippen LogP contribution in [-0.4, -0.2) is 44.3 Å². The number of carboxylic acid groups (broad SMARTS) is 1. The van der Waals surface area contributed by atoms with Crippen LogP contribution in [0.25, 0.3) is 0 Å². The van der Waals surface area contributed by atoms with Crippen molar-refractivity contribution in [2.24, 2.45) is 7.05 Å². The molecule has 1 aromatic heterocycles. The van der Waals surface area contributed by atoms with Crippen LogP contribution in [0.15, 0.2) is 24.3 Å². The van der Waals surface area contributed by atoms with Crippen molar-refractivity contribution in [3.8, 4) is 0 Å². The van der Waals surface area contributed by atoms with Crippen LogP contribution in [0.3, 0.4) is 0 Å². The number of amides is 1. The highest BCUT2D eigenvalue weighted by molar-refractivity contribution is 5.95. The first-order chi connectivity index (χ1) is 12.4. The van der Waals surface area contributed by atoms with Gasteiger partial charge in [-0.25, -0.2) is 0 Å². The maximum absolute atomic E-state index is 13.1. The number of carbonyl (C=O) groups excluding carboxylic acids is 1. The quantitative estimate of drug-likeness (QED) is 0.795. The van der Waals surface area contributed by atoms with E-state index >= 15 is 0 Å². The molecule has 2 N–H and O–H groups in total. The first-order valence-corrected chi connectivity index (χ1v) is 8.72. The fourth-order valence-electron chi connectivity index (χ4n) is 3.08. The van der Waals surface area contributed by atoms with Crippen molar-refractivity contribution >= 4 is 17.6 Å². The Kier molecular flexibility index (Phi) is 4.97. The zero-order valence-corrected chi connectivity index (χ0v) is 15.3. The molecular weight excluding hydrogens is 332 g/mol. The Morgan fingerprint density at radius 1 is 1.35 bits per heavy atom. The number of nitrogens with zero attached hydrogens (tertiary/aromatic N) is 3. The van der Waals surface area contributed by atoms with Crippen LogP contribution in [0, 0.1) is 13.8 Å². The van der Waals surface area contributed by atoms with Crippen LogP contribution >= 0.6 is 0 Å². The van der Waals surface area contributed by atoms with Crippen LogP contribution in [-0.2, 0) is 18.4 Å². The summed E-state index contributed by atoms with van der Waals surface area (Å²) in [5, 5.41) is 16.0. The molecule has 1 aliphatic carbocycles. The van der Waals surface area contributed by atoms with E-state index in [0.717, 1.165) is 29.8 Å². The van der Waals surface area contributed by atoms with Gasteiger partial charge in [-0.3, -0.25) is 14.3 Å². The van der Waals surface area contributed by atoms with E-state index in [-0.39, 0.29) is 18.5 Å². The lowest BCUT2D eigenvalue weighted by atomic mass is 10.1. The molecular formula is C19H24N4O3. The number of aryl methyl sites for hydroxylation is 2. The second kappa shape index (κ2) is 7.19. The number of hydrogen-bond donors (Lipinski definition) is 2. The maximum Gasteiger partial charge on any atom is 0.322 e. The highest BCUT2D eigenvalue weighted by Gasteiger charge is 2.34. The minimum absolute atomic E-state index is 0.0332. The van der Waals surface area contributed by atoms with Gasteiger partial charge in [0.15, 0.2) is 0 Å². The van der Waals surface area contributed by atoms with Crippen LogP contribution in [0.1, 0.15) is 40.2 Å². The van der Waals surface area contributed by atoms with E-state index in [4.69, 9.17) is 5.11 Å². The number of benzene rings is 1. The molecule has 0 spiro atoms. The molecule has 1 fully saturated rings. The summed E-state index contributed by atoms with van der Waals surface area (Å²) in [6, 6.07) is 7.27. The Balaban J connectivity index is 1.81. The number of aromatic nitrogens is 2. The lowest BCUT2D eigenvalue weighted by Crippen LogP contribution is -2.33. The van der Waals surface area contributed by atoms with Gasteiger partial charge >= 0.3 is 5.97 Å². The van der Waals surface area contributed by atoms with Crippen LogP contribution in [0.4, 0.5) is 5.69 Å². The number of carboxylic acids is 1. The van der Waals surface area contributed by atoms with Crippen molar-refractivity contribution in [2.75, 3.05) is 11.9 Å². The van der Waals surface area contributed by atoms with Crippen LogP contribution < -0.4 is 5.32 Å². The zero-order chi connectivity index (χ0) is 18.8. The zero-order valence-electron chi connectivity index (χ0n) is 15.3. The molecule has 0 radical (unpaired) electrons. The third-order valence-corrected chi connectivity index (χ3v) is 4.79. The smallest absolute Gasteiger partial charge is 0.322 e. The summed E-state index contributed by atoms with van der Waals surface area (Å²) in [6.07, 6.45) is 2.03. The highest BCUT2D eigenvalue weighted by Crippen LogP contribution is 2.31. The predicted molar refractivity (Wildman–Crippen MR) is 98.1 cm³/mol. The topological polar surface area (TPSA) is 87.5 Å². The summed E-state index contributed by atoms with van der Waals surface area (Å²) in [6.45, 7) is 4.34. The Bertz CT molecular complexity index is 839. The molecule has 2 aromatic rings. The molecule has 1 aliphatic rings. The van der Waals surface area contributed by atoms with E-state index in [1.54, 1.807) is 24.3 Å². The standard InChI is InChI=1S/C19H24N4O3/c1-12-17(13(2)22(3)21-12)11-23(16-7-8-16)19(26)14-5-4-6-15(9-14)20-10-18(24)25/h4-6,9,16,20H,7-8,10-11H2,1-3H3,(H,24,25). The molecule has 138 valence electrons. The lowest BCUT2D eigenvalue weighted by molar-refractivity contribution is -0.134. The molecule has 1 amide bonds. The summed E-state index contributed by atoms with van der Waals surface area (Å²) in [4.78, 5) is 25.7. The number of nitrogens with one attached hydrogen (secondary N) is 1. The van der Waals surface area contributed by atoms with Gasteiger partial charge < -0.3 is 15.3 Å². The molecule has 3 rings (SSSR count). The third kappa shape index (κ3) is 3.87. The number of rotatable bonds is 7. The van der Waals surface area contributed by atoms with Crippen molar-refractivity contribution in [1.29, 1.82) is 0 Å². The van der Waals surface area contributed by atoms with Crippen molar-refractivity contribution < 1.29 is 14.7 Å². The van der Waals surface area contributed by atoms with E-state index in [1.807, 2.05) is 30.5 Å². The maximum atomic E-state index is 13.1. The first-order valence-electron chi connectivity index (χ1n) is 8.72. The lowest BCUT2D eigenvalue weighted by Gasteiger charge is -2.23. The average Bonchev–Trinajstić information content (AvgIpc) is 3.41. The van der Waals surface area contributed by atoms with Gasteiger partial charge in [0.25, 0.3) is 5.91 Å². The van der Waals surface area contributed by atoms with Crippen LogP contribution in [0.2, 0.25) is 0 Å². The predicted octanol–water partition coefficient (Wildman–Crippen LogP) is 2.34. The van der Waals surface area contributed by atoms with E-state index in [1.165, 1.54) is 0 Å². The van der Waals surface area contributed by atoms with Gasteiger partial charge in [-0.05, 0) is 44.9 Å². The molecule has 0 saturated heterocycles. The molecule has 7 nitrogen and oxygen atoms in total. The van der Waals surface area contributed by atoms with E-state index < -0.39 is 5.97 Å². The van der Waals surface area contributed by atoms with Gasteiger partial charge in [-0.1, -0.05) is 6.07 Å². The second-order valence-corrected chi connectivity index (χ2v) is 6.77. The van der Waals surface area contributed by atoms with Gasteiger partial charge in [0, 0.05) is 42.1 Å². The minimum Gasteiger partial charge on any atom is -0.480 e. The van der Waals surface area contributed by atoms with Crippen molar-refractivity contribution in [1.82, 2.24) is 14.7 Å². The number of carbonyl (C=O) groups is 2. The molecule has 26 heavy (non-hydrogen) atoms. The van der Waals surface area contributed by atoms with Crippen molar-refractivity contribution in [2.45, 2.75) is 39.3 Å². The Morgan fingerprint density at radius 2 is 2.08 bits per heavy atom. The molecule has 0 atom stereocenters. The first kappa shape index (κ1) is 18.0. The number of anilines is 1. The Labute approximate surface area is 152 Å². The Morgan fingerprint density at radius 3 is 2.65 bits per heavy atom. The van der Waals surface area contributed by atoms with E-state index in [9.17, 15) is 9.59 Å². The second-order valence-electron chi connectivity index (χ2n) is 6.77. The summed E-state index contributed by atoms with van der Waals surface area (Å²) in [7, 11) is 1.91. The minimum atomic E-state index is -0.941. The summed E-state index contributed by atoms with van der Waals surface area (Å²) in [5.74, 6) is -0.974. The molecule has 1 aromatic carbocycles. The van der Waals surface area contributed by atoms with E-state index in [0.29, 0.717) is 17.8 Å². The van der Waals surface area contributed by atoms with Crippen molar-refractivity contribution in [3.63, 3.8) is 0 Å². The third-order valence-electron chi connectivity index (χ3n) is 4.79. The van der Waals surface area contributed by atoms with Gasteiger partial charge in [-0.2, -0.15) is 5.10 Å². The number of aliphatic carboxylic acids is 1. The fraction of sp³-hybridized carbons (Fsp3) is 0.421. The molecule has 1 heterocycles. The fourth-order valence-corrected chi connectivity index (χ4v) is 3.08.